The summed E-state index contributed by atoms with van der Waals surface area (Å²) in [6, 6.07) is 5.03. The van der Waals surface area contributed by atoms with E-state index in [4.69, 9.17) is 0 Å². The number of amides is 2. The predicted molar refractivity (Wildman–Crippen MR) is 77.8 cm³/mol. The maximum Gasteiger partial charge on any atom is 0.445 e. The van der Waals surface area contributed by atoms with Crippen molar-refractivity contribution in [2.75, 3.05) is 10.6 Å². The van der Waals surface area contributed by atoms with Crippen LogP contribution in [-0.4, -0.2) is 22.0 Å². The standard InChI is InChI=1S/C13H10F4N4O2S/c14-7-1-3-8(4-2-7)18-9(22)5-6-10(23)19-12-21-20-11(24-12)13(15,16)17/h1-4H,5-6H2,(H,18,22)(H,19,21,23). The molecule has 0 aliphatic rings. The Hall–Kier alpha value is -2.56. The molecule has 2 aromatic rings. The first kappa shape index (κ1) is 17.8. The van der Waals surface area contributed by atoms with Gasteiger partial charge in [0.05, 0.1) is 0 Å². The molecule has 2 amide bonds. The molecule has 0 saturated heterocycles. The zero-order valence-corrected chi connectivity index (χ0v) is 12.7. The second-order valence-corrected chi connectivity index (χ2v) is 5.49. The summed E-state index contributed by atoms with van der Waals surface area (Å²) in [5, 5.41) is 9.24. The molecule has 0 fully saturated rings. The Morgan fingerprint density at radius 3 is 2.12 bits per heavy atom. The lowest BCUT2D eigenvalue weighted by Gasteiger charge is -2.05. The summed E-state index contributed by atoms with van der Waals surface area (Å²) in [4.78, 5) is 23.2. The van der Waals surface area contributed by atoms with Crippen LogP contribution in [0.25, 0.3) is 0 Å². The molecule has 128 valence electrons. The topological polar surface area (TPSA) is 84.0 Å². The summed E-state index contributed by atoms with van der Waals surface area (Å²) in [6.07, 6.45) is -5.09. The Bertz CT molecular complexity index is 730. The lowest BCUT2D eigenvalue weighted by Crippen LogP contribution is -2.17. The van der Waals surface area contributed by atoms with Gasteiger partial charge >= 0.3 is 6.18 Å². The number of carbonyl (C=O) groups excluding carboxylic acids is 2. The van der Waals surface area contributed by atoms with Gasteiger partial charge in [0.15, 0.2) is 0 Å². The van der Waals surface area contributed by atoms with Crippen LogP contribution in [0.5, 0.6) is 0 Å². The maximum atomic E-state index is 12.7. The molecule has 1 aromatic carbocycles. The first-order valence-electron chi connectivity index (χ1n) is 6.50. The Labute approximate surface area is 136 Å². The summed E-state index contributed by atoms with van der Waals surface area (Å²) in [5.74, 6) is -1.62. The molecule has 2 N–H and O–H groups in total. The Balaban J connectivity index is 1.79. The van der Waals surface area contributed by atoms with Gasteiger partial charge in [0.1, 0.15) is 5.82 Å². The zero-order valence-electron chi connectivity index (χ0n) is 11.9. The molecule has 0 atom stereocenters. The fourth-order valence-corrected chi connectivity index (χ4v) is 2.18. The average molecular weight is 362 g/mol. The molecule has 0 bridgehead atoms. The number of nitrogens with one attached hydrogen (secondary N) is 2. The molecule has 1 aromatic heterocycles. The third-order valence-corrected chi connectivity index (χ3v) is 3.50. The summed E-state index contributed by atoms with van der Waals surface area (Å²) < 4.78 is 49.7. The third kappa shape index (κ3) is 5.26. The quantitative estimate of drug-likeness (QED) is 0.801. The van der Waals surface area contributed by atoms with Crippen molar-refractivity contribution in [3.05, 3.63) is 35.1 Å². The first-order valence-corrected chi connectivity index (χ1v) is 7.31. The van der Waals surface area contributed by atoms with Gasteiger partial charge in [-0.2, -0.15) is 13.2 Å². The van der Waals surface area contributed by atoms with Crippen molar-refractivity contribution in [2.24, 2.45) is 0 Å². The lowest BCUT2D eigenvalue weighted by atomic mass is 10.2. The molecular formula is C13H10F4N4O2S. The largest absolute Gasteiger partial charge is 0.445 e. The van der Waals surface area contributed by atoms with E-state index in [0.717, 1.165) is 12.1 Å². The van der Waals surface area contributed by atoms with Crippen LogP contribution in [0.1, 0.15) is 17.8 Å². The van der Waals surface area contributed by atoms with Crippen molar-refractivity contribution in [3.63, 3.8) is 0 Å². The monoisotopic (exact) mass is 362 g/mol. The molecule has 1 heterocycles. The van der Waals surface area contributed by atoms with Gasteiger partial charge in [-0.3, -0.25) is 9.59 Å². The molecule has 0 radical (unpaired) electrons. The van der Waals surface area contributed by atoms with Gasteiger partial charge in [-0.05, 0) is 24.3 Å². The van der Waals surface area contributed by atoms with Crippen molar-refractivity contribution in [3.8, 4) is 0 Å². The molecular weight excluding hydrogens is 352 g/mol. The van der Waals surface area contributed by atoms with Crippen LogP contribution in [0, 0.1) is 5.82 Å². The van der Waals surface area contributed by atoms with Gasteiger partial charge in [-0.15, -0.1) is 10.2 Å². The minimum Gasteiger partial charge on any atom is -0.326 e. The number of nitrogens with zero attached hydrogens (tertiary/aromatic N) is 2. The van der Waals surface area contributed by atoms with E-state index in [1.54, 1.807) is 0 Å². The molecule has 0 unspecified atom stereocenters. The SMILES string of the molecule is O=C(CCC(=O)Nc1nnc(C(F)(F)F)s1)Nc1ccc(F)cc1. The number of alkyl halides is 3. The molecule has 0 spiro atoms. The zero-order chi connectivity index (χ0) is 17.7. The van der Waals surface area contributed by atoms with Gasteiger partial charge in [0.2, 0.25) is 22.0 Å². The normalized spacial score (nSPS) is 11.2. The van der Waals surface area contributed by atoms with Crippen molar-refractivity contribution < 1.29 is 27.2 Å². The van der Waals surface area contributed by atoms with Gasteiger partial charge < -0.3 is 10.6 Å². The molecule has 0 aliphatic carbocycles. The first-order chi connectivity index (χ1) is 11.2. The van der Waals surface area contributed by atoms with E-state index < -0.39 is 28.8 Å². The van der Waals surface area contributed by atoms with E-state index in [0.29, 0.717) is 5.69 Å². The summed E-state index contributed by atoms with van der Waals surface area (Å²) in [7, 11) is 0. The van der Waals surface area contributed by atoms with Crippen LogP contribution in [0.2, 0.25) is 0 Å². The van der Waals surface area contributed by atoms with E-state index in [-0.39, 0.29) is 29.3 Å². The van der Waals surface area contributed by atoms with E-state index in [1.807, 2.05) is 0 Å². The highest BCUT2D eigenvalue weighted by atomic mass is 32.1. The second kappa shape index (κ2) is 7.34. The Kier molecular flexibility index (Phi) is 5.44. The summed E-state index contributed by atoms with van der Waals surface area (Å²) in [5.41, 5.74) is 0.362. The molecule has 6 nitrogen and oxygen atoms in total. The van der Waals surface area contributed by atoms with Gasteiger partial charge in [0.25, 0.3) is 0 Å². The highest BCUT2D eigenvalue weighted by Gasteiger charge is 2.35. The van der Waals surface area contributed by atoms with Crippen molar-refractivity contribution in [1.29, 1.82) is 0 Å². The molecule has 0 saturated carbocycles. The Morgan fingerprint density at radius 2 is 1.58 bits per heavy atom. The average Bonchev–Trinajstić information content (AvgIpc) is 2.96. The lowest BCUT2D eigenvalue weighted by molar-refractivity contribution is -0.138. The van der Waals surface area contributed by atoms with Crippen LogP contribution in [0.3, 0.4) is 0 Å². The number of anilines is 2. The van der Waals surface area contributed by atoms with Gasteiger partial charge in [-0.1, -0.05) is 11.3 Å². The number of rotatable bonds is 5. The molecule has 0 aliphatic heterocycles. The van der Waals surface area contributed by atoms with Crippen LogP contribution < -0.4 is 10.6 Å². The van der Waals surface area contributed by atoms with E-state index >= 15 is 0 Å². The Morgan fingerprint density at radius 1 is 1.00 bits per heavy atom. The fourth-order valence-electron chi connectivity index (χ4n) is 1.55. The van der Waals surface area contributed by atoms with E-state index in [9.17, 15) is 27.2 Å². The number of halogens is 4. The minimum absolute atomic E-state index is 0.191. The second-order valence-electron chi connectivity index (χ2n) is 4.51. The molecule has 24 heavy (non-hydrogen) atoms. The fraction of sp³-hybridized carbons (Fsp3) is 0.231. The van der Waals surface area contributed by atoms with Crippen molar-refractivity contribution in [2.45, 2.75) is 19.0 Å². The minimum atomic E-state index is -4.63. The predicted octanol–water partition coefficient (Wildman–Crippen LogP) is 3.05. The van der Waals surface area contributed by atoms with Crippen LogP contribution in [0.4, 0.5) is 28.4 Å². The molecule has 11 heteroatoms. The third-order valence-electron chi connectivity index (χ3n) is 2.62. The van der Waals surface area contributed by atoms with Crippen LogP contribution in [-0.2, 0) is 15.8 Å². The van der Waals surface area contributed by atoms with Crippen LogP contribution >= 0.6 is 11.3 Å². The summed E-state index contributed by atoms with van der Waals surface area (Å²) in [6.45, 7) is 0. The van der Waals surface area contributed by atoms with Gasteiger partial charge in [-0.25, -0.2) is 4.39 Å². The highest BCUT2D eigenvalue weighted by Crippen LogP contribution is 2.32. The smallest absolute Gasteiger partial charge is 0.326 e. The van der Waals surface area contributed by atoms with Gasteiger partial charge in [0, 0.05) is 18.5 Å². The maximum absolute atomic E-state index is 12.7. The number of carbonyl (C=O) groups is 2. The van der Waals surface area contributed by atoms with Crippen molar-refractivity contribution >= 4 is 34.0 Å². The number of aromatic nitrogens is 2. The van der Waals surface area contributed by atoms with Crippen LogP contribution in [0.15, 0.2) is 24.3 Å². The van der Waals surface area contributed by atoms with Crippen molar-refractivity contribution in [1.82, 2.24) is 10.2 Å². The highest BCUT2D eigenvalue weighted by molar-refractivity contribution is 7.15. The number of hydrogen-bond donors (Lipinski definition) is 2. The van der Waals surface area contributed by atoms with E-state index in [2.05, 4.69) is 20.8 Å². The number of hydrogen-bond acceptors (Lipinski definition) is 5. The summed E-state index contributed by atoms with van der Waals surface area (Å²) >= 11 is 0.191. The van der Waals surface area contributed by atoms with E-state index in [1.165, 1.54) is 12.1 Å². The molecule has 2 rings (SSSR count). The number of benzene rings is 1.